The molecule has 0 aliphatic carbocycles. The van der Waals surface area contributed by atoms with E-state index in [-0.39, 0.29) is 5.92 Å². The fourth-order valence-corrected chi connectivity index (χ4v) is 2.59. The van der Waals surface area contributed by atoms with Gasteiger partial charge in [-0.15, -0.1) is 0 Å². The Balaban J connectivity index is 1.84. The van der Waals surface area contributed by atoms with E-state index in [1.165, 1.54) is 0 Å². The Kier molecular flexibility index (Phi) is 4.11. The van der Waals surface area contributed by atoms with Gasteiger partial charge in [0.2, 0.25) is 0 Å². The first-order chi connectivity index (χ1) is 10.3. The highest BCUT2D eigenvalue weighted by molar-refractivity contribution is 5.44. The molecule has 0 fully saturated rings. The van der Waals surface area contributed by atoms with Crippen molar-refractivity contribution in [1.29, 1.82) is 0 Å². The molecular weight excluding hydrogens is 264 g/mol. The Bertz CT molecular complexity index is 595. The van der Waals surface area contributed by atoms with Gasteiger partial charge in [0.25, 0.3) is 0 Å². The quantitative estimate of drug-likeness (QED) is 0.934. The molecule has 2 aromatic carbocycles. The minimum atomic E-state index is -0.565. The van der Waals surface area contributed by atoms with Crippen molar-refractivity contribution in [2.24, 2.45) is 0 Å². The van der Waals surface area contributed by atoms with Crippen LogP contribution in [0.5, 0.6) is 11.5 Å². The molecule has 3 heteroatoms. The van der Waals surface area contributed by atoms with E-state index in [9.17, 15) is 5.11 Å². The highest BCUT2D eigenvalue weighted by Crippen LogP contribution is 2.36. The maximum absolute atomic E-state index is 10.6. The van der Waals surface area contributed by atoms with Crippen molar-refractivity contribution in [2.45, 2.75) is 25.4 Å². The van der Waals surface area contributed by atoms with E-state index in [4.69, 9.17) is 9.47 Å². The Morgan fingerprint density at radius 3 is 2.38 bits per heavy atom. The van der Waals surface area contributed by atoms with E-state index in [0.29, 0.717) is 13.2 Å². The van der Waals surface area contributed by atoms with Crippen LogP contribution >= 0.6 is 0 Å². The van der Waals surface area contributed by atoms with Gasteiger partial charge in [0.15, 0.2) is 11.5 Å². The molecule has 0 saturated carbocycles. The van der Waals surface area contributed by atoms with Crippen molar-refractivity contribution in [3.05, 3.63) is 59.7 Å². The summed E-state index contributed by atoms with van der Waals surface area (Å²) in [6.45, 7) is 3.36. The maximum Gasteiger partial charge on any atom is 0.161 e. The highest BCUT2D eigenvalue weighted by Gasteiger charge is 2.20. The van der Waals surface area contributed by atoms with E-state index < -0.39 is 6.10 Å². The van der Waals surface area contributed by atoms with Gasteiger partial charge in [-0.05, 0) is 23.3 Å². The van der Waals surface area contributed by atoms with Gasteiger partial charge in [-0.25, -0.2) is 0 Å². The molecule has 2 unspecified atom stereocenters. The van der Waals surface area contributed by atoms with Crippen LogP contribution in [0.2, 0.25) is 0 Å². The second kappa shape index (κ2) is 6.19. The number of benzene rings is 2. The fourth-order valence-electron chi connectivity index (χ4n) is 2.59. The third kappa shape index (κ3) is 3.03. The number of aliphatic hydroxyl groups is 1. The van der Waals surface area contributed by atoms with Gasteiger partial charge in [0.1, 0.15) is 0 Å². The molecule has 0 amide bonds. The zero-order valence-electron chi connectivity index (χ0n) is 12.2. The summed E-state index contributed by atoms with van der Waals surface area (Å²) in [5, 5.41) is 10.6. The maximum atomic E-state index is 10.6. The summed E-state index contributed by atoms with van der Waals surface area (Å²) >= 11 is 0. The summed E-state index contributed by atoms with van der Waals surface area (Å²) in [6.07, 6.45) is 0.317. The SMILES string of the molecule is CC(c1ccccc1)C(O)c1ccc2c(c1)OCCCO2. The van der Waals surface area contributed by atoms with Gasteiger partial charge in [0, 0.05) is 12.3 Å². The van der Waals surface area contributed by atoms with Crippen LogP contribution in [0, 0.1) is 0 Å². The van der Waals surface area contributed by atoms with Crippen molar-refractivity contribution < 1.29 is 14.6 Å². The van der Waals surface area contributed by atoms with E-state index in [1.54, 1.807) is 0 Å². The monoisotopic (exact) mass is 284 g/mol. The third-order valence-electron chi connectivity index (χ3n) is 3.91. The summed E-state index contributed by atoms with van der Waals surface area (Å²) < 4.78 is 11.3. The predicted molar refractivity (Wildman–Crippen MR) is 81.9 cm³/mol. The molecule has 1 aliphatic heterocycles. The number of ether oxygens (including phenoxy) is 2. The zero-order valence-corrected chi connectivity index (χ0v) is 12.2. The first-order valence-corrected chi connectivity index (χ1v) is 7.38. The molecule has 3 nitrogen and oxygen atoms in total. The molecule has 1 aliphatic rings. The van der Waals surface area contributed by atoms with Crippen molar-refractivity contribution in [1.82, 2.24) is 0 Å². The lowest BCUT2D eigenvalue weighted by atomic mass is 9.91. The lowest BCUT2D eigenvalue weighted by molar-refractivity contribution is 0.151. The van der Waals surface area contributed by atoms with Gasteiger partial charge in [-0.1, -0.05) is 43.3 Å². The lowest BCUT2D eigenvalue weighted by Crippen LogP contribution is -2.08. The molecule has 0 saturated heterocycles. The first kappa shape index (κ1) is 14.0. The Morgan fingerprint density at radius 2 is 1.62 bits per heavy atom. The Hall–Kier alpha value is -2.00. The van der Waals surface area contributed by atoms with Crippen molar-refractivity contribution in [3.8, 4) is 11.5 Å². The van der Waals surface area contributed by atoms with Gasteiger partial charge in [0.05, 0.1) is 19.3 Å². The second-order valence-corrected chi connectivity index (χ2v) is 5.40. The Morgan fingerprint density at radius 1 is 0.905 bits per heavy atom. The number of hydrogen-bond acceptors (Lipinski definition) is 3. The zero-order chi connectivity index (χ0) is 14.7. The molecule has 110 valence electrons. The largest absolute Gasteiger partial charge is 0.490 e. The molecule has 2 atom stereocenters. The van der Waals surface area contributed by atoms with E-state index in [1.807, 2.05) is 55.5 Å². The molecule has 3 rings (SSSR count). The molecule has 1 N–H and O–H groups in total. The molecule has 0 bridgehead atoms. The van der Waals surface area contributed by atoms with Crippen molar-refractivity contribution >= 4 is 0 Å². The minimum Gasteiger partial charge on any atom is -0.490 e. The standard InChI is InChI=1S/C18H20O3/c1-13(14-6-3-2-4-7-14)18(19)15-8-9-16-17(12-15)21-11-5-10-20-16/h2-4,6-9,12-13,18-19H,5,10-11H2,1H3. The van der Waals surface area contributed by atoms with E-state index in [0.717, 1.165) is 29.0 Å². The van der Waals surface area contributed by atoms with Crippen molar-refractivity contribution in [2.75, 3.05) is 13.2 Å². The molecule has 2 aromatic rings. The highest BCUT2D eigenvalue weighted by atomic mass is 16.5. The van der Waals surface area contributed by atoms with E-state index >= 15 is 0 Å². The van der Waals surface area contributed by atoms with Gasteiger partial charge < -0.3 is 14.6 Å². The summed E-state index contributed by atoms with van der Waals surface area (Å²) in [5.74, 6) is 1.51. The minimum absolute atomic E-state index is 0.0240. The molecular formula is C18H20O3. The van der Waals surface area contributed by atoms with Crippen LogP contribution in [0.25, 0.3) is 0 Å². The second-order valence-electron chi connectivity index (χ2n) is 5.40. The van der Waals surface area contributed by atoms with Crippen LogP contribution in [-0.2, 0) is 0 Å². The number of aliphatic hydroxyl groups excluding tert-OH is 1. The average molecular weight is 284 g/mol. The van der Waals surface area contributed by atoms with E-state index in [2.05, 4.69) is 0 Å². The first-order valence-electron chi connectivity index (χ1n) is 7.38. The van der Waals surface area contributed by atoms with Gasteiger partial charge in [-0.2, -0.15) is 0 Å². The third-order valence-corrected chi connectivity index (χ3v) is 3.91. The van der Waals surface area contributed by atoms with Crippen LogP contribution in [0.1, 0.15) is 36.5 Å². The van der Waals surface area contributed by atoms with Crippen LogP contribution < -0.4 is 9.47 Å². The number of hydrogen-bond donors (Lipinski definition) is 1. The van der Waals surface area contributed by atoms with Gasteiger partial charge >= 0.3 is 0 Å². The molecule has 0 aromatic heterocycles. The predicted octanol–water partition coefficient (Wildman–Crippen LogP) is 3.69. The fraction of sp³-hybridized carbons (Fsp3) is 0.333. The molecule has 0 spiro atoms. The Labute approximate surface area is 125 Å². The number of fused-ring (bicyclic) bond motifs is 1. The summed E-state index contributed by atoms with van der Waals surface area (Å²) in [7, 11) is 0. The summed E-state index contributed by atoms with van der Waals surface area (Å²) in [5.41, 5.74) is 1.98. The van der Waals surface area contributed by atoms with Crippen LogP contribution in [0.4, 0.5) is 0 Å². The van der Waals surface area contributed by atoms with Crippen LogP contribution in [0.3, 0.4) is 0 Å². The summed E-state index contributed by atoms with van der Waals surface area (Å²) in [4.78, 5) is 0. The average Bonchev–Trinajstić information content (AvgIpc) is 2.79. The van der Waals surface area contributed by atoms with Crippen molar-refractivity contribution in [3.63, 3.8) is 0 Å². The van der Waals surface area contributed by atoms with Crippen LogP contribution in [-0.4, -0.2) is 18.3 Å². The number of rotatable bonds is 3. The van der Waals surface area contributed by atoms with Gasteiger partial charge in [-0.3, -0.25) is 0 Å². The smallest absolute Gasteiger partial charge is 0.161 e. The van der Waals surface area contributed by atoms with Crippen LogP contribution in [0.15, 0.2) is 48.5 Å². The summed E-state index contributed by atoms with van der Waals surface area (Å²) in [6, 6.07) is 15.7. The lowest BCUT2D eigenvalue weighted by Gasteiger charge is -2.20. The normalized spacial score (nSPS) is 16.9. The molecule has 21 heavy (non-hydrogen) atoms. The molecule has 1 heterocycles. The molecule has 0 radical (unpaired) electrons. The topological polar surface area (TPSA) is 38.7 Å².